The highest BCUT2D eigenvalue weighted by Crippen LogP contribution is 2.33. The van der Waals surface area contributed by atoms with Crippen LogP contribution in [-0.2, 0) is 92.9 Å². The summed E-state index contributed by atoms with van der Waals surface area (Å²) in [4.78, 5) is 199. The summed E-state index contributed by atoms with van der Waals surface area (Å²) >= 11 is 0. The van der Waals surface area contributed by atoms with Gasteiger partial charge in [-0.2, -0.15) is 0 Å². The number of nitrogens with two attached hydrogens (primary N) is 2. The number of benzene rings is 2. The lowest BCUT2D eigenvalue weighted by atomic mass is 9.78. The number of Topliss-reactive ketones (excluding diaryl/α,β-unsaturated/α-hetero) is 3. The summed E-state index contributed by atoms with van der Waals surface area (Å²) in [6.07, 6.45) is 5.22. The number of hydrogen-bond donors (Lipinski definition) is 15. The number of nitrogens with one attached hydrogen (secondary N) is 11. The molecule has 1 aliphatic carbocycles. The van der Waals surface area contributed by atoms with Gasteiger partial charge in [0.2, 0.25) is 76.5 Å². The molecule has 1 aliphatic heterocycles. The van der Waals surface area contributed by atoms with Gasteiger partial charge in [-0.1, -0.05) is 106 Å². The predicted molar refractivity (Wildman–Crippen MR) is 394 cm³/mol. The van der Waals surface area contributed by atoms with Crippen LogP contribution in [0.25, 0.3) is 10.9 Å². The summed E-state index contributed by atoms with van der Waals surface area (Å²) in [6.45, 7) is 12.2. The van der Waals surface area contributed by atoms with Crippen molar-refractivity contribution in [1.82, 2.24) is 73.1 Å². The highest BCUT2D eigenvalue weighted by atomic mass is 16.3. The van der Waals surface area contributed by atoms with Crippen molar-refractivity contribution in [3.63, 3.8) is 0 Å². The quantitative estimate of drug-likeness (QED) is 0.0359. The second-order valence-corrected chi connectivity index (χ2v) is 29.6. The highest BCUT2D eigenvalue weighted by molar-refractivity contribution is 6.41. The molecule has 4 aromatic rings. The lowest BCUT2D eigenvalue weighted by Gasteiger charge is -2.35. The van der Waals surface area contributed by atoms with Gasteiger partial charge < -0.3 is 79.8 Å². The molecular formula is C75H110N16O16. The van der Waals surface area contributed by atoms with Crippen molar-refractivity contribution in [2.75, 3.05) is 13.2 Å². The molecule has 0 spiro atoms. The summed E-state index contributed by atoms with van der Waals surface area (Å²) < 4.78 is 1.69. The fourth-order valence-electron chi connectivity index (χ4n) is 13.2. The van der Waals surface area contributed by atoms with Crippen LogP contribution in [0.15, 0.2) is 67.0 Å². The topological polar surface area (TPSA) is 498 Å². The molecule has 0 saturated heterocycles. The van der Waals surface area contributed by atoms with Crippen LogP contribution >= 0.6 is 0 Å². The number of fused-ring (bicyclic) bond motifs is 2. The number of aliphatic hydroxyl groups is 2. The fourth-order valence-corrected chi connectivity index (χ4v) is 13.2. The van der Waals surface area contributed by atoms with Crippen LogP contribution in [0.4, 0.5) is 0 Å². The molecule has 2 aromatic carbocycles. The number of aromatic nitrogens is 4. The van der Waals surface area contributed by atoms with Gasteiger partial charge in [0.15, 0.2) is 5.78 Å². The summed E-state index contributed by atoms with van der Waals surface area (Å²) in [5, 5.41) is 57.6. The van der Waals surface area contributed by atoms with Crippen molar-refractivity contribution in [3.05, 3.63) is 83.8 Å². The van der Waals surface area contributed by atoms with Gasteiger partial charge in [0, 0.05) is 62.3 Å². The van der Waals surface area contributed by atoms with E-state index in [0.717, 1.165) is 19.3 Å². The number of amides is 11. The van der Waals surface area contributed by atoms with E-state index in [-0.39, 0.29) is 76.2 Å². The predicted octanol–water partition coefficient (Wildman–Crippen LogP) is 0.403. The lowest BCUT2D eigenvalue weighted by molar-refractivity contribution is -0.141. The zero-order valence-corrected chi connectivity index (χ0v) is 62.8. The number of nitrogens with zero attached hydrogens (tertiary/aromatic N) is 3. The molecular weight excluding hydrogens is 1380 g/mol. The van der Waals surface area contributed by atoms with Crippen molar-refractivity contribution in [3.8, 4) is 0 Å². The van der Waals surface area contributed by atoms with E-state index in [9.17, 15) is 63.0 Å². The van der Waals surface area contributed by atoms with Crippen LogP contribution in [0, 0.1) is 23.7 Å². The van der Waals surface area contributed by atoms with E-state index < -0.39 is 179 Å². The van der Waals surface area contributed by atoms with Crippen LogP contribution in [0.5, 0.6) is 0 Å². The smallest absolute Gasteiger partial charge is 0.246 e. The van der Waals surface area contributed by atoms with E-state index in [2.05, 4.69) is 68.5 Å². The number of para-hydroxylation sites is 1. The van der Waals surface area contributed by atoms with E-state index in [4.69, 9.17) is 11.5 Å². The first-order chi connectivity index (χ1) is 50.6. The molecule has 586 valence electrons. The number of aliphatic hydroxyl groups excluding tert-OH is 2. The van der Waals surface area contributed by atoms with Gasteiger partial charge in [0.05, 0.1) is 48.1 Å². The number of rotatable bonds is 27. The highest BCUT2D eigenvalue weighted by Gasteiger charge is 2.43. The minimum absolute atomic E-state index is 0.0163. The van der Waals surface area contributed by atoms with Crippen LogP contribution in [0.3, 0.4) is 0 Å². The minimum Gasteiger partial charge on any atom is -0.394 e. The van der Waals surface area contributed by atoms with Gasteiger partial charge in [-0.25, -0.2) is 4.68 Å². The summed E-state index contributed by atoms with van der Waals surface area (Å²) in [7, 11) is 0. The molecule has 2 aromatic heterocycles. The largest absolute Gasteiger partial charge is 0.394 e. The van der Waals surface area contributed by atoms with Crippen LogP contribution in [0.2, 0.25) is 0 Å². The average Bonchev–Trinajstić information content (AvgIpc) is 1.78. The zero-order valence-electron chi connectivity index (χ0n) is 62.8. The number of ketones is 3. The van der Waals surface area contributed by atoms with Crippen molar-refractivity contribution in [1.29, 1.82) is 0 Å². The lowest BCUT2D eigenvalue weighted by Crippen LogP contribution is -2.63. The molecule has 1 saturated carbocycles. The number of carbonyl (C=O) groups is 14. The molecule has 0 radical (unpaired) electrons. The third-order valence-corrected chi connectivity index (χ3v) is 20.0. The zero-order chi connectivity index (χ0) is 78.9. The molecule has 6 rings (SSSR count). The third kappa shape index (κ3) is 26.0. The molecule has 32 heteroatoms. The first kappa shape index (κ1) is 86.1. The van der Waals surface area contributed by atoms with E-state index in [1.807, 2.05) is 32.0 Å². The Morgan fingerprint density at radius 2 is 1.38 bits per heavy atom. The number of aryl methyl sites for hydroxylation is 2. The number of carbonyl (C=O) groups excluding carboxylic acids is 14. The third-order valence-electron chi connectivity index (χ3n) is 20.0. The van der Waals surface area contributed by atoms with Crippen LogP contribution in [-0.4, -0.2) is 191 Å². The number of primary amides is 2. The summed E-state index contributed by atoms with van der Waals surface area (Å²) in [6, 6.07) is 4.65. The first-order valence-corrected chi connectivity index (χ1v) is 37.0. The molecule has 107 heavy (non-hydrogen) atoms. The Labute approximate surface area is 623 Å². The molecule has 3 heterocycles. The fraction of sp³-hybridized carbons (Fsp3) is 0.600. The van der Waals surface area contributed by atoms with E-state index in [1.165, 1.54) is 48.5 Å². The standard InChI is InChI=1S/C75H110N16O16/c1-42(2)33-57(84-47(7)94)69(103)87-62(46(6)93)72(106)85-58(35-49-21-13-12-14-22-49)71(105)89-74(8)30-17-10-11-18-32-91-53(40-80-90-91)25-20-31-75(9,73(107)86-59(41-92)70(104)83-45(5)66(100)82-44(4)65(77)99)88-68(102)52(34-48-23-19-24-48)39-79-56(28-29-61(76)96)64(98)63(97)43(3)81-67(101)50(37-60(74)95)36-51-38-78-55-27-16-15-26-54(51)55/h12-16,21-22,26-27,38,40,42-46,48,50,52,56-59,62,78-79,92-93H,10-11,17-20,23-25,28-37,39,41H2,1-9H3,(H2,76,96)(H2,77,99)(H,81,101)(H,82,100)(H,83,104)(H,84,94)(H,85,106)(H,86,107)(H,87,103)(H,88,102)(H,89,105)/t43-,44?,45-,46+,50+,52+,56-,57-,58-,59?,62-,74+,75-/m0/s1. The Morgan fingerprint density at radius 1 is 0.710 bits per heavy atom. The maximum Gasteiger partial charge on any atom is 0.246 e. The molecule has 1 fully saturated rings. The van der Waals surface area contributed by atoms with Crippen molar-refractivity contribution >= 4 is 93.2 Å². The van der Waals surface area contributed by atoms with Crippen molar-refractivity contribution < 1.29 is 77.3 Å². The van der Waals surface area contributed by atoms with Crippen molar-refractivity contribution in [2.45, 2.75) is 250 Å². The van der Waals surface area contributed by atoms with Gasteiger partial charge in [-0.05, 0) is 128 Å². The Bertz CT molecular complexity index is 3780. The van der Waals surface area contributed by atoms with E-state index >= 15 is 14.4 Å². The Kier molecular flexibility index (Phi) is 32.8. The molecule has 32 nitrogen and oxygen atoms in total. The second kappa shape index (κ2) is 40.8. The average molecular weight is 1490 g/mol. The van der Waals surface area contributed by atoms with Crippen LogP contribution in [0.1, 0.15) is 175 Å². The van der Waals surface area contributed by atoms with Gasteiger partial charge in [0.25, 0.3) is 0 Å². The monoisotopic (exact) mass is 1490 g/mol. The van der Waals surface area contributed by atoms with Crippen molar-refractivity contribution in [2.24, 2.45) is 35.1 Å². The summed E-state index contributed by atoms with van der Waals surface area (Å²) in [5.41, 5.74) is 9.83. The maximum atomic E-state index is 15.6. The summed E-state index contributed by atoms with van der Waals surface area (Å²) in [5.74, 6) is -14.0. The molecule has 13 atom stereocenters. The van der Waals surface area contributed by atoms with E-state index in [1.54, 1.807) is 53.5 Å². The van der Waals surface area contributed by atoms with Crippen LogP contribution < -0.4 is 64.6 Å². The number of H-pyrrole nitrogens is 1. The normalized spacial score (nSPS) is 22.7. The Hall–Kier alpha value is -9.82. The number of hydrogen-bond acceptors (Lipinski definition) is 19. The van der Waals surface area contributed by atoms with Gasteiger partial charge in [0.1, 0.15) is 41.8 Å². The SMILES string of the molecule is CC(=O)N[C@@H](CC(C)C)C(=O)N[C@H](C(=O)N[C@@H](Cc1ccccc1)C(=O)N[C@]1(C)CCCCCCn2nncc2CCC[C@@](C)(C(=O)NC(CO)C(=O)N[C@@H](C)C(=O)NC(C)C(N)=O)NC(=O)[C@H](CC2CCC2)CN[C@@H](CCC(N)=O)C(=O)C(=O)[C@H](C)NC(=O)[C@H](Cc2c[nH]c3ccccc23)CC1=O)[C@@H](C)O. The van der Waals surface area contributed by atoms with Gasteiger partial charge in [-0.3, -0.25) is 67.1 Å². The van der Waals surface area contributed by atoms with Gasteiger partial charge >= 0.3 is 0 Å². The Balaban J connectivity index is 1.38. The van der Waals surface area contributed by atoms with E-state index in [0.29, 0.717) is 60.0 Å². The minimum atomic E-state index is -1.85. The molecule has 2 unspecified atom stereocenters. The van der Waals surface area contributed by atoms with Gasteiger partial charge in [-0.15, -0.1) is 5.10 Å². The second-order valence-electron chi connectivity index (χ2n) is 29.6. The molecule has 2 aliphatic rings. The Morgan fingerprint density at radius 3 is 2.03 bits per heavy atom. The number of aromatic amines is 1. The first-order valence-electron chi connectivity index (χ1n) is 37.0. The maximum absolute atomic E-state index is 15.6. The molecule has 17 N–H and O–H groups in total. The molecule has 0 bridgehead atoms. The molecule has 11 amide bonds.